The lowest BCUT2D eigenvalue weighted by atomic mass is 10.2. The lowest BCUT2D eigenvalue weighted by Gasteiger charge is -2.01. The van der Waals surface area contributed by atoms with Crippen molar-refractivity contribution in [3.8, 4) is 0 Å². The van der Waals surface area contributed by atoms with Crippen LogP contribution in [0.4, 0.5) is 10.2 Å². The summed E-state index contributed by atoms with van der Waals surface area (Å²) < 4.78 is 14.7. The van der Waals surface area contributed by atoms with Crippen LogP contribution < -0.4 is 5.32 Å². The minimum absolute atomic E-state index is 0.232. The summed E-state index contributed by atoms with van der Waals surface area (Å²) in [5.74, 6) is 0.477. The van der Waals surface area contributed by atoms with E-state index in [1.165, 1.54) is 18.5 Å². The molecule has 0 atom stereocenters. The maximum Gasteiger partial charge on any atom is 0.165 e. The Bertz CT molecular complexity index is 776. The Morgan fingerprint density at radius 2 is 2.00 bits per heavy atom. The summed E-state index contributed by atoms with van der Waals surface area (Å²) >= 11 is 0. The van der Waals surface area contributed by atoms with Crippen LogP contribution in [0.5, 0.6) is 0 Å². The number of rotatable bonds is 4. The van der Waals surface area contributed by atoms with Crippen molar-refractivity contribution >= 4 is 23.1 Å². The molecule has 0 bridgehead atoms. The van der Waals surface area contributed by atoms with Crippen LogP contribution in [0.25, 0.3) is 17.2 Å². The molecule has 0 amide bonds. The van der Waals surface area contributed by atoms with Crippen molar-refractivity contribution in [3.05, 3.63) is 54.4 Å². The summed E-state index contributed by atoms with van der Waals surface area (Å²) in [6.45, 7) is 0.633. The number of hydrogen-bond donors (Lipinski definition) is 1. The first-order chi connectivity index (χ1) is 10.3. The number of aromatic nitrogens is 4. The average Bonchev–Trinajstić information content (AvgIpc) is 2.92. The second-order valence-corrected chi connectivity index (χ2v) is 4.50. The molecule has 6 heteroatoms. The van der Waals surface area contributed by atoms with Gasteiger partial charge in [-0.3, -0.25) is 0 Å². The van der Waals surface area contributed by atoms with Crippen molar-refractivity contribution < 1.29 is 4.39 Å². The van der Waals surface area contributed by atoms with E-state index in [9.17, 15) is 4.39 Å². The monoisotopic (exact) mass is 283 g/mol. The summed E-state index contributed by atoms with van der Waals surface area (Å²) in [4.78, 5) is 12.7. The molecule has 1 aromatic carbocycles. The molecule has 5 nitrogen and oxygen atoms in total. The SMILES string of the molecule is CNc1ncnc2c1ncn2C/C=C/c1ccc(F)cc1. The lowest BCUT2D eigenvalue weighted by Crippen LogP contribution is -1.98. The van der Waals surface area contributed by atoms with Gasteiger partial charge in [-0.05, 0) is 17.7 Å². The zero-order valence-electron chi connectivity index (χ0n) is 11.5. The maximum atomic E-state index is 12.8. The topological polar surface area (TPSA) is 55.6 Å². The van der Waals surface area contributed by atoms with E-state index in [1.54, 1.807) is 25.5 Å². The molecular weight excluding hydrogens is 269 g/mol. The summed E-state index contributed by atoms with van der Waals surface area (Å²) in [6, 6.07) is 6.36. The van der Waals surface area contributed by atoms with Gasteiger partial charge >= 0.3 is 0 Å². The van der Waals surface area contributed by atoms with Gasteiger partial charge in [0.1, 0.15) is 17.7 Å². The Hall–Kier alpha value is -2.76. The largest absolute Gasteiger partial charge is 0.371 e. The molecule has 0 spiro atoms. The number of hydrogen-bond acceptors (Lipinski definition) is 4. The Kier molecular flexibility index (Phi) is 3.59. The van der Waals surface area contributed by atoms with E-state index in [0.29, 0.717) is 12.4 Å². The zero-order valence-corrected chi connectivity index (χ0v) is 11.5. The molecule has 0 saturated heterocycles. The molecular formula is C15H14FN5. The van der Waals surface area contributed by atoms with Gasteiger partial charge < -0.3 is 9.88 Å². The number of fused-ring (bicyclic) bond motifs is 1. The molecule has 0 radical (unpaired) electrons. The first-order valence-corrected chi connectivity index (χ1v) is 6.53. The second-order valence-electron chi connectivity index (χ2n) is 4.50. The molecule has 0 aliphatic rings. The van der Waals surface area contributed by atoms with Crippen LogP contribution in [0.15, 0.2) is 43.0 Å². The minimum atomic E-state index is -0.232. The Morgan fingerprint density at radius 1 is 1.19 bits per heavy atom. The van der Waals surface area contributed by atoms with E-state index in [1.807, 2.05) is 16.7 Å². The van der Waals surface area contributed by atoms with Crippen molar-refractivity contribution in [1.29, 1.82) is 0 Å². The number of benzene rings is 1. The van der Waals surface area contributed by atoms with Gasteiger partial charge in [0.2, 0.25) is 0 Å². The third-order valence-electron chi connectivity index (χ3n) is 3.12. The van der Waals surface area contributed by atoms with Crippen LogP contribution in [0, 0.1) is 5.82 Å². The normalized spacial score (nSPS) is 11.3. The quantitative estimate of drug-likeness (QED) is 0.800. The van der Waals surface area contributed by atoms with Crippen LogP contribution in [-0.2, 0) is 6.54 Å². The van der Waals surface area contributed by atoms with Gasteiger partial charge in [-0.1, -0.05) is 24.3 Å². The van der Waals surface area contributed by atoms with Gasteiger partial charge in [0, 0.05) is 13.6 Å². The number of allylic oxidation sites excluding steroid dienone is 1. The minimum Gasteiger partial charge on any atom is -0.371 e. The van der Waals surface area contributed by atoms with E-state index in [2.05, 4.69) is 20.3 Å². The highest BCUT2D eigenvalue weighted by molar-refractivity contribution is 5.82. The van der Waals surface area contributed by atoms with Gasteiger partial charge in [-0.25, -0.2) is 19.3 Å². The van der Waals surface area contributed by atoms with Gasteiger partial charge in [-0.15, -0.1) is 0 Å². The molecule has 0 aliphatic carbocycles. The number of nitrogens with zero attached hydrogens (tertiary/aromatic N) is 4. The molecule has 0 saturated carbocycles. The first-order valence-electron chi connectivity index (χ1n) is 6.53. The standard InChI is InChI=1S/C15H14FN5/c1-17-14-13-15(19-9-18-14)21(10-20-13)8-2-3-11-4-6-12(16)7-5-11/h2-7,9-10H,8H2,1H3,(H,17,18,19)/b3-2+. The molecule has 3 aromatic rings. The maximum absolute atomic E-state index is 12.8. The van der Waals surface area contributed by atoms with Gasteiger partial charge in [0.05, 0.1) is 6.33 Å². The van der Waals surface area contributed by atoms with Gasteiger partial charge in [-0.2, -0.15) is 0 Å². The average molecular weight is 283 g/mol. The van der Waals surface area contributed by atoms with Crippen LogP contribution in [0.2, 0.25) is 0 Å². The van der Waals surface area contributed by atoms with E-state index in [0.717, 1.165) is 16.7 Å². The molecule has 0 aliphatic heterocycles. The molecule has 21 heavy (non-hydrogen) atoms. The van der Waals surface area contributed by atoms with Crippen LogP contribution in [0.1, 0.15) is 5.56 Å². The smallest absolute Gasteiger partial charge is 0.165 e. The zero-order chi connectivity index (χ0) is 14.7. The predicted octanol–water partition coefficient (Wildman–Crippen LogP) is 2.72. The van der Waals surface area contributed by atoms with Crippen molar-refractivity contribution in [2.75, 3.05) is 12.4 Å². The molecule has 0 unspecified atom stereocenters. The van der Waals surface area contributed by atoms with Crippen LogP contribution in [0.3, 0.4) is 0 Å². The summed E-state index contributed by atoms with van der Waals surface area (Å²) in [5, 5.41) is 2.99. The van der Waals surface area contributed by atoms with Crippen molar-refractivity contribution in [3.63, 3.8) is 0 Å². The highest BCUT2D eigenvalue weighted by Crippen LogP contribution is 2.16. The third-order valence-corrected chi connectivity index (χ3v) is 3.12. The summed E-state index contributed by atoms with van der Waals surface area (Å²) in [5.41, 5.74) is 2.47. The molecule has 1 N–H and O–H groups in total. The fourth-order valence-corrected chi connectivity index (χ4v) is 2.07. The fraction of sp³-hybridized carbons (Fsp3) is 0.133. The summed E-state index contributed by atoms with van der Waals surface area (Å²) in [6.07, 6.45) is 7.16. The van der Waals surface area contributed by atoms with E-state index >= 15 is 0 Å². The number of anilines is 1. The van der Waals surface area contributed by atoms with E-state index in [-0.39, 0.29) is 5.82 Å². The van der Waals surface area contributed by atoms with Crippen molar-refractivity contribution in [1.82, 2.24) is 19.5 Å². The van der Waals surface area contributed by atoms with Gasteiger partial charge in [0.25, 0.3) is 0 Å². The van der Waals surface area contributed by atoms with Crippen molar-refractivity contribution in [2.24, 2.45) is 0 Å². The van der Waals surface area contributed by atoms with Gasteiger partial charge in [0.15, 0.2) is 11.5 Å². The molecule has 2 heterocycles. The van der Waals surface area contributed by atoms with E-state index in [4.69, 9.17) is 0 Å². The Morgan fingerprint density at radius 3 is 2.76 bits per heavy atom. The number of halogens is 1. The number of nitrogens with one attached hydrogen (secondary N) is 1. The Labute approximate surface area is 121 Å². The lowest BCUT2D eigenvalue weighted by molar-refractivity contribution is 0.628. The predicted molar refractivity (Wildman–Crippen MR) is 80.3 cm³/mol. The molecule has 2 aromatic heterocycles. The van der Waals surface area contributed by atoms with E-state index < -0.39 is 0 Å². The van der Waals surface area contributed by atoms with Crippen LogP contribution in [-0.4, -0.2) is 26.6 Å². The van der Waals surface area contributed by atoms with Crippen LogP contribution >= 0.6 is 0 Å². The summed E-state index contributed by atoms with van der Waals surface area (Å²) in [7, 11) is 1.80. The number of imidazole rings is 1. The molecule has 106 valence electrons. The van der Waals surface area contributed by atoms with Crippen molar-refractivity contribution in [2.45, 2.75) is 6.54 Å². The molecule has 3 rings (SSSR count). The highest BCUT2D eigenvalue weighted by atomic mass is 19.1. The third kappa shape index (κ3) is 2.74. The fourth-order valence-electron chi connectivity index (χ4n) is 2.07. The Balaban J connectivity index is 1.81. The second kappa shape index (κ2) is 5.70. The first kappa shape index (κ1) is 13.2. The molecule has 0 fully saturated rings. The highest BCUT2D eigenvalue weighted by Gasteiger charge is 2.07.